The number of amides is 1. The van der Waals surface area contributed by atoms with E-state index in [-0.39, 0.29) is 29.6 Å². The molecule has 0 unspecified atom stereocenters. The highest BCUT2D eigenvalue weighted by atomic mass is 35.5. The molecule has 188 valence electrons. The zero-order valence-electron chi connectivity index (χ0n) is 19.8. The van der Waals surface area contributed by atoms with Crippen molar-refractivity contribution < 1.29 is 18.8 Å². The Morgan fingerprint density at radius 3 is 2.86 bits per heavy atom. The van der Waals surface area contributed by atoms with Gasteiger partial charge in [-0.15, -0.1) is 11.3 Å². The first-order valence-corrected chi connectivity index (χ1v) is 13.6. The molecule has 3 heterocycles. The van der Waals surface area contributed by atoms with Gasteiger partial charge in [-0.2, -0.15) is 0 Å². The summed E-state index contributed by atoms with van der Waals surface area (Å²) >= 11 is 7.70. The summed E-state index contributed by atoms with van der Waals surface area (Å²) in [7, 11) is 0. The molecule has 6 rings (SSSR count). The number of nitrogens with one attached hydrogen (secondary N) is 1. The molecule has 9 heteroatoms. The van der Waals surface area contributed by atoms with Crippen molar-refractivity contribution in [1.29, 1.82) is 0 Å². The van der Waals surface area contributed by atoms with Crippen LogP contribution in [-0.2, 0) is 22.7 Å². The lowest BCUT2D eigenvalue weighted by Gasteiger charge is -2.26. The second kappa shape index (κ2) is 10.00. The standard InChI is InChI=1S/C27H27ClFN3O3S/c28-24-13-17-4-7-20-21(26(17)36-24)15-34-31-25(20)27(33)30-18(14-32-9-1-2-10-32)11-16-3-8-23(22(29)12-16)35-19-5-6-19/h3-4,7-8,12-13,18-19H,1-2,5-6,9-11,14-15H2,(H,30,33)/t18-/m0/s1. The smallest absolute Gasteiger partial charge is 0.274 e. The summed E-state index contributed by atoms with van der Waals surface area (Å²) in [6.45, 7) is 2.98. The number of likely N-dealkylation sites (tertiary alicyclic amines) is 1. The molecule has 2 aliphatic heterocycles. The summed E-state index contributed by atoms with van der Waals surface area (Å²) in [4.78, 5) is 21.3. The summed E-state index contributed by atoms with van der Waals surface area (Å²) in [5, 5.41) is 8.31. The Bertz CT molecular complexity index is 1330. The predicted octanol–water partition coefficient (Wildman–Crippen LogP) is 5.29. The van der Waals surface area contributed by atoms with Gasteiger partial charge in [0, 0.05) is 28.4 Å². The van der Waals surface area contributed by atoms with E-state index < -0.39 is 0 Å². The molecule has 0 radical (unpaired) electrons. The maximum absolute atomic E-state index is 14.7. The maximum atomic E-state index is 14.7. The van der Waals surface area contributed by atoms with Gasteiger partial charge < -0.3 is 19.8 Å². The molecule has 1 N–H and O–H groups in total. The minimum Gasteiger partial charge on any atom is -0.487 e. The lowest BCUT2D eigenvalue weighted by atomic mass is 9.99. The fourth-order valence-electron chi connectivity index (χ4n) is 4.98. The maximum Gasteiger partial charge on any atom is 0.274 e. The Balaban J connectivity index is 1.22. The Hall–Kier alpha value is -2.68. The summed E-state index contributed by atoms with van der Waals surface area (Å²) in [6, 6.07) is 10.7. The normalized spacial score (nSPS) is 18.4. The van der Waals surface area contributed by atoms with Crippen LogP contribution in [0.15, 0.2) is 41.6 Å². The fourth-order valence-corrected chi connectivity index (χ4v) is 6.24. The molecule has 2 fully saturated rings. The van der Waals surface area contributed by atoms with Crippen molar-refractivity contribution >= 4 is 44.6 Å². The van der Waals surface area contributed by atoms with Gasteiger partial charge in [-0.25, -0.2) is 4.39 Å². The van der Waals surface area contributed by atoms with Gasteiger partial charge in [0.1, 0.15) is 6.61 Å². The molecule has 1 saturated heterocycles. The van der Waals surface area contributed by atoms with Crippen molar-refractivity contribution in [2.75, 3.05) is 19.6 Å². The number of hydrogen-bond donors (Lipinski definition) is 1. The van der Waals surface area contributed by atoms with E-state index in [9.17, 15) is 9.18 Å². The molecule has 1 aromatic heterocycles. The van der Waals surface area contributed by atoms with E-state index in [1.54, 1.807) is 6.07 Å². The van der Waals surface area contributed by atoms with Crippen molar-refractivity contribution in [3.8, 4) is 5.75 Å². The SMILES string of the molecule is O=C(N[C@@H](Cc1ccc(OC2CC2)c(F)c1)CN1CCCC1)C1=NOCc2c1ccc1cc(Cl)sc21. The fraction of sp³-hybridized carbons (Fsp3) is 0.407. The Morgan fingerprint density at radius 2 is 2.08 bits per heavy atom. The topological polar surface area (TPSA) is 63.2 Å². The van der Waals surface area contributed by atoms with Crippen LogP contribution in [0.2, 0.25) is 4.34 Å². The van der Waals surface area contributed by atoms with Crippen LogP contribution in [-0.4, -0.2) is 48.3 Å². The predicted molar refractivity (Wildman–Crippen MR) is 140 cm³/mol. The number of halogens is 2. The van der Waals surface area contributed by atoms with E-state index in [0.29, 0.717) is 29.7 Å². The average Bonchev–Trinajstić information content (AvgIpc) is 3.36. The Morgan fingerprint density at radius 1 is 1.25 bits per heavy atom. The molecule has 1 atom stereocenters. The quantitative estimate of drug-likeness (QED) is 0.432. The Kier molecular flexibility index (Phi) is 6.58. The van der Waals surface area contributed by atoms with Crippen LogP contribution in [0, 0.1) is 5.82 Å². The molecule has 0 bridgehead atoms. The molecule has 3 aliphatic rings. The van der Waals surface area contributed by atoms with E-state index in [1.807, 2.05) is 24.3 Å². The molecular weight excluding hydrogens is 501 g/mol. The van der Waals surface area contributed by atoms with Gasteiger partial charge in [0.15, 0.2) is 17.3 Å². The molecule has 1 amide bonds. The van der Waals surface area contributed by atoms with Crippen molar-refractivity contribution in [2.24, 2.45) is 5.16 Å². The van der Waals surface area contributed by atoms with Crippen molar-refractivity contribution in [3.63, 3.8) is 0 Å². The monoisotopic (exact) mass is 527 g/mol. The number of benzene rings is 2. The molecule has 6 nitrogen and oxygen atoms in total. The van der Waals surface area contributed by atoms with Gasteiger partial charge in [-0.3, -0.25) is 4.79 Å². The minimum atomic E-state index is -0.358. The number of rotatable bonds is 8. The third-order valence-corrected chi connectivity index (χ3v) is 8.24. The van der Waals surface area contributed by atoms with Crippen molar-refractivity contribution in [1.82, 2.24) is 10.2 Å². The Labute approximate surface area is 218 Å². The number of oxime groups is 1. The highest BCUT2D eigenvalue weighted by molar-refractivity contribution is 7.22. The average molecular weight is 528 g/mol. The number of carbonyl (C=O) groups excluding carboxylic acids is 1. The molecule has 3 aromatic rings. The van der Waals surface area contributed by atoms with Crippen LogP contribution in [0.5, 0.6) is 5.75 Å². The van der Waals surface area contributed by atoms with E-state index >= 15 is 0 Å². The second-order valence-electron chi connectivity index (χ2n) is 9.74. The lowest BCUT2D eigenvalue weighted by molar-refractivity contribution is -0.115. The van der Waals surface area contributed by atoms with Gasteiger partial charge in [-0.1, -0.05) is 35.0 Å². The highest BCUT2D eigenvalue weighted by Crippen LogP contribution is 2.35. The van der Waals surface area contributed by atoms with Crippen LogP contribution in [0.25, 0.3) is 10.1 Å². The third-order valence-electron chi connectivity index (χ3n) is 6.90. The number of fused-ring (bicyclic) bond motifs is 3. The van der Waals surface area contributed by atoms with Crippen molar-refractivity contribution in [3.05, 3.63) is 63.2 Å². The molecule has 36 heavy (non-hydrogen) atoms. The van der Waals surface area contributed by atoms with E-state index in [4.69, 9.17) is 21.2 Å². The van der Waals surface area contributed by atoms with Crippen LogP contribution < -0.4 is 10.1 Å². The molecule has 1 aliphatic carbocycles. The first-order valence-electron chi connectivity index (χ1n) is 12.4. The van der Waals surface area contributed by atoms with Crippen LogP contribution in [0.1, 0.15) is 42.4 Å². The van der Waals surface area contributed by atoms with E-state index in [1.165, 1.54) is 17.4 Å². The largest absolute Gasteiger partial charge is 0.487 e. The van der Waals surface area contributed by atoms with E-state index in [2.05, 4.69) is 15.4 Å². The number of thiophene rings is 1. The molecular formula is C27H27ClFN3O3S. The zero-order valence-corrected chi connectivity index (χ0v) is 21.3. The number of nitrogens with zero attached hydrogens (tertiary/aromatic N) is 2. The molecule has 0 spiro atoms. The number of hydrogen-bond acceptors (Lipinski definition) is 6. The highest BCUT2D eigenvalue weighted by Gasteiger charge is 2.28. The summed E-state index contributed by atoms with van der Waals surface area (Å²) in [5.74, 6) is -0.355. The van der Waals surface area contributed by atoms with Gasteiger partial charge in [0.2, 0.25) is 0 Å². The number of ether oxygens (including phenoxy) is 1. The first kappa shape index (κ1) is 23.7. The second-order valence-corrected chi connectivity index (χ2v) is 11.4. The van der Waals surface area contributed by atoms with Crippen LogP contribution in [0.4, 0.5) is 4.39 Å². The molecule has 1 saturated carbocycles. The van der Waals surface area contributed by atoms with Crippen molar-refractivity contribution in [2.45, 2.75) is 50.9 Å². The van der Waals surface area contributed by atoms with Crippen LogP contribution in [0.3, 0.4) is 0 Å². The van der Waals surface area contributed by atoms with Gasteiger partial charge in [0.25, 0.3) is 5.91 Å². The van der Waals surface area contributed by atoms with Gasteiger partial charge >= 0.3 is 0 Å². The lowest BCUT2D eigenvalue weighted by Crippen LogP contribution is -2.47. The van der Waals surface area contributed by atoms with Gasteiger partial charge in [-0.05, 0) is 74.3 Å². The van der Waals surface area contributed by atoms with E-state index in [0.717, 1.165) is 65.5 Å². The van der Waals surface area contributed by atoms with Gasteiger partial charge in [0.05, 0.1) is 10.4 Å². The summed E-state index contributed by atoms with van der Waals surface area (Å²) < 4.78 is 22.0. The zero-order chi connectivity index (χ0) is 24.6. The minimum absolute atomic E-state index is 0.139. The third kappa shape index (κ3) is 5.08. The first-order chi connectivity index (χ1) is 17.5. The number of carbonyl (C=O) groups is 1. The summed E-state index contributed by atoms with van der Waals surface area (Å²) in [6.07, 6.45) is 4.90. The molecule has 2 aromatic carbocycles. The van der Waals surface area contributed by atoms with Crippen LogP contribution >= 0.6 is 22.9 Å². The summed E-state index contributed by atoms with van der Waals surface area (Å²) in [5.41, 5.74) is 2.76.